The Morgan fingerprint density at radius 2 is 2.06 bits per heavy atom. The van der Waals surface area contributed by atoms with Crippen LogP contribution in [0.25, 0.3) is 0 Å². The van der Waals surface area contributed by atoms with E-state index in [1.165, 1.54) is 5.56 Å². The van der Waals surface area contributed by atoms with Crippen LogP contribution in [0.2, 0.25) is 0 Å². The molecule has 1 aliphatic heterocycles. The molecule has 2 aliphatic rings. The number of hydrogen-bond donors (Lipinski definition) is 0. The summed E-state index contributed by atoms with van der Waals surface area (Å²) in [6.07, 6.45) is 2.75. The summed E-state index contributed by atoms with van der Waals surface area (Å²) in [4.78, 5) is 11.5. The summed E-state index contributed by atoms with van der Waals surface area (Å²) in [7, 11) is 0. The average Bonchev–Trinajstić information content (AvgIpc) is 3.18. The zero-order valence-electron chi connectivity index (χ0n) is 10.6. The standard InChI is InChI=1S/C15H18O3/c1-2-15(11-6-4-3-5-7-11)8-12(9-15)18-14(16)13-10-17-13/h3-7,12-13H,2,8-10H2,1H3. The van der Waals surface area contributed by atoms with Gasteiger partial charge in [-0.3, -0.25) is 0 Å². The Balaban J connectivity index is 1.62. The minimum absolute atomic E-state index is 0.0712. The number of rotatable bonds is 4. The zero-order chi connectivity index (χ0) is 12.6. The minimum Gasteiger partial charge on any atom is -0.460 e. The summed E-state index contributed by atoms with van der Waals surface area (Å²) >= 11 is 0. The molecule has 1 unspecified atom stereocenters. The van der Waals surface area contributed by atoms with Crippen molar-refractivity contribution in [2.24, 2.45) is 0 Å². The lowest BCUT2D eigenvalue weighted by atomic mass is 9.61. The first-order chi connectivity index (χ1) is 8.73. The van der Waals surface area contributed by atoms with E-state index < -0.39 is 0 Å². The van der Waals surface area contributed by atoms with E-state index in [9.17, 15) is 4.79 Å². The van der Waals surface area contributed by atoms with Crippen molar-refractivity contribution in [1.82, 2.24) is 0 Å². The van der Waals surface area contributed by atoms with E-state index in [4.69, 9.17) is 9.47 Å². The first kappa shape index (κ1) is 11.7. The molecular formula is C15H18O3. The first-order valence-electron chi connectivity index (χ1n) is 6.61. The number of epoxide rings is 1. The van der Waals surface area contributed by atoms with Crippen LogP contribution in [0.5, 0.6) is 0 Å². The molecule has 2 fully saturated rings. The van der Waals surface area contributed by atoms with Gasteiger partial charge in [0.05, 0.1) is 6.61 Å². The van der Waals surface area contributed by atoms with Gasteiger partial charge in [0.1, 0.15) is 6.10 Å². The van der Waals surface area contributed by atoms with Gasteiger partial charge in [-0.2, -0.15) is 0 Å². The van der Waals surface area contributed by atoms with Gasteiger partial charge in [0.2, 0.25) is 0 Å². The van der Waals surface area contributed by atoms with Gasteiger partial charge in [0.15, 0.2) is 6.10 Å². The maximum absolute atomic E-state index is 11.5. The second-order valence-electron chi connectivity index (χ2n) is 5.29. The molecule has 3 rings (SSSR count). The monoisotopic (exact) mass is 246 g/mol. The van der Waals surface area contributed by atoms with Crippen molar-refractivity contribution in [2.75, 3.05) is 6.61 Å². The molecule has 0 amide bonds. The van der Waals surface area contributed by atoms with Gasteiger partial charge in [-0.15, -0.1) is 0 Å². The number of benzene rings is 1. The molecule has 0 N–H and O–H groups in total. The third kappa shape index (κ3) is 2.03. The van der Waals surface area contributed by atoms with Crippen LogP contribution in [0, 0.1) is 0 Å². The number of carbonyl (C=O) groups is 1. The lowest BCUT2D eigenvalue weighted by molar-refractivity contribution is -0.158. The normalized spacial score (nSPS) is 33.6. The third-order valence-electron chi connectivity index (χ3n) is 4.18. The molecule has 3 nitrogen and oxygen atoms in total. The first-order valence-corrected chi connectivity index (χ1v) is 6.61. The zero-order valence-corrected chi connectivity index (χ0v) is 10.6. The van der Waals surface area contributed by atoms with Crippen molar-refractivity contribution in [1.29, 1.82) is 0 Å². The SMILES string of the molecule is CCC1(c2ccccc2)CC(OC(=O)C2CO2)C1. The molecule has 96 valence electrons. The minimum atomic E-state index is -0.279. The molecule has 1 heterocycles. The van der Waals surface area contributed by atoms with E-state index in [1.54, 1.807) is 0 Å². The fourth-order valence-corrected chi connectivity index (χ4v) is 2.84. The summed E-state index contributed by atoms with van der Waals surface area (Å²) in [5, 5.41) is 0. The number of carbonyl (C=O) groups excluding carboxylic acids is 1. The van der Waals surface area contributed by atoms with Crippen molar-refractivity contribution in [3.63, 3.8) is 0 Å². The maximum Gasteiger partial charge on any atom is 0.337 e. The summed E-state index contributed by atoms with van der Waals surface area (Å²) in [5.74, 6) is -0.183. The maximum atomic E-state index is 11.5. The molecule has 18 heavy (non-hydrogen) atoms. The van der Waals surface area contributed by atoms with Gasteiger partial charge in [0, 0.05) is 5.41 Å². The molecule has 0 bridgehead atoms. The predicted octanol–water partition coefficient (Wildman–Crippen LogP) is 2.44. The molecule has 1 saturated carbocycles. The molecule has 1 atom stereocenters. The van der Waals surface area contributed by atoms with Crippen LogP contribution in [-0.4, -0.2) is 24.8 Å². The van der Waals surface area contributed by atoms with Gasteiger partial charge in [-0.25, -0.2) is 4.79 Å². The van der Waals surface area contributed by atoms with E-state index in [2.05, 4.69) is 31.2 Å². The van der Waals surface area contributed by atoms with Crippen LogP contribution < -0.4 is 0 Å². The van der Waals surface area contributed by atoms with Gasteiger partial charge in [-0.05, 0) is 24.8 Å². The van der Waals surface area contributed by atoms with E-state index >= 15 is 0 Å². The van der Waals surface area contributed by atoms with Crippen LogP contribution in [0.3, 0.4) is 0 Å². The summed E-state index contributed by atoms with van der Waals surface area (Å²) in [6, 6.07) is 10.5. The number of ether oxygens (including phenoxy) is 2. The molecule has 1 aliphatic carbocycles. The van der Waals surface area contributed by atoms with Gasteiger partial charge < -0.3 is 9.47 Å². The highest BCUT2D eigenvalue weighted by atomic mass is 16.6. The lowest BCUT2D eigenvalue weighted by Gasteiger charge is -2.47. The van der Waals surface area contributed by atoms with E-state index in [0.717, 1.165) is 19.3 Å². The van der Waals surface area contributed by atoms with Crippen molar-refractivity contribution in [2.45, 2.75) is 43.8 Å². The van der Waals surface area contributed by atoms with Crippen molar-refractivity contribution in [3.8, 4) is 0 Å². The average molecular weight is 246 g/mol. The summed E-state index contributed by atoms with van der Waals surface area (Å²) in [5.41, 5.74) is 1.57. The smallest absolute Gasteiger partial charge is 0.337 e. The Morgan fingerprint density at radius 3 is 2.61 bits per heavy atom. The highest BCUT2D eigenvalue weighted by Crippen LogP contribution is 2.48. The molecule has 1 aromatic carbocycles. The topological polar surface area (TPSA) is 38.8 Å². The van der Waals surface area contributed by atoms with Crippen LogP contribution in [0.15, 0.2) is 30.3 Å². The highest BCUT2D eigenvalue weighted by Gasteiger charge is 2.47. The Morgan fingerprint density at radius 1 is 1.39 bits per heavy atom. The Labute approximate surface area is 107 Å². The number of hydrogen-bond acceptors (Lipinski definition) is 3. The fourth-order valence-electron chi connectivity index (χ4n) is 2.84. The lowest BCUT2D eigenvalue weighted by Crippen LogP contribution is -2.46. The summed E-state index contributed by atoms with van der Waals surface area (Å²) in [6.45, 7) is 2.73. The Bertz CT molecular complexity index is 430. The molecule has 3 heteroatoms. The van der Waals surface area contributed by atoms with Gasteiger partial charge >= 0.3 is 5.97 Å². The Hall–Kier alpha value is -1.35. The molecule has 0 aromatic heterocycles. The van der Waals surface area contributed by atoms with Crippen LogP contribution in [-0.2, 0) is 19.7 Å². The molecule has 1 saturated heterocycles. The van der Waals surface area contributed by atoms with Gasteiger partial charge in [0.25, 0.3) is 0 Å². The van der Waals surface area contributed by atoms with E-state index in [-0.39, 0.29) is 23.6 Å². The van der Waals surface area contributed by atoms with E-state index in [1.807, 2.05) is 6.07 Å². The van der Waals surface area contributed by atoms with Crippen LogP contribution >= 0.6 is 0 Å². The third-order valence-corrected chi connectivity index (χ3v) is 4.18. The fraction of sp³-hybridized carbons (Fsp3) is 0.533. The highest BCUT2D eigenvalue weighted by molar-refractivity contribution is 5.77. The second kappa shape index (κ2) is 4.39. The van der Waals surface area contributed by atoms with E-state index in [0.29, 0.717) is 6.61 Å². The van der Waals surface area contributed by atoms with Crippen molar-refractivity contribution in [3.05, 3.63) is 35.9 Å². The second-order valence-corrected chi connectivity index (χ2v) is 5.29. The van der Waals surface area contributed by atoms with Crippen molar-refractivity contribution < 1.29 is 14.3 Å². The largest absolute Gasteiger partial charge is 0.460 e. The van der Waals surface area contributed by atoms with Crippen molar-refractivity contribution >= 4 is 5.97 Å². The van der Waals surface area contributed by atoms with Crippen LogP contribution in [0.1, 0.15) is 31.7 Å². The molecule has 1 aromatic rings. The summed E-state index contributed by atoms with van der Waals surface area (Å²) < 4.78 is 10.4. The molecule has 0 spiro atoms. The Kier molecular flexibility index (Phi) is 2.86. The quantitative estimate of drug-likeness (QED) is 0.605. The van der Waals surface area contributed by atoms with Gasteiger partial charge in [-0.1, -0.05) is 37.3 Å². The molecular weight excluding hydrogens is 228 g/mol. The molecule has 0 radical (unpaired) electrons. The van der Waals surface area contributed by atoms with Crippen LogP contribution in [0.4, 0.5) is 0 Å². The predicted molar refractivity (Wildman–Crippen MR) is 67.3 cm³/mol. The number of esters is 1.